The van der Waals surface area contributed by atoms with E-state index in [1.165, 1.54) is 38.5 Å². The zero-order valence-corrected chi connectivity index (χ0v) is 12.2. The molecule has 1 N–H and O–H groups in total. The number of hydrogen-bond acceptors (Lipinski definition) is 2. The van der Waals surface area contributed by atoms with Gasteiger partial charge in [-0.1, -0.05) is 47.0 Å². The zero-order valence-electron chi connectivity index (χ0n) is 12.2. The molecule has 0 radical (unpaired) electrons. The minimum atomic E-state index is 0.362. The molecule has 0 aromatic heterocycles. The summed E-state index contributed by atoms with van der Waals surface area (Å²) >= 11 is 0. The number of ether oxygens (including phenoxy) is 1. The summed E-state index contributed by atoms with van der Waals surface area (Å²) in [4.78, 5) is 0. The van der Waals surface area contributed by atoms with E-state index in [0.29, 0.717) is 17.6 Å². The van der Waals surface area contributed by atoms with Crippen LogP contribution in [0.25, 0.3) is 0 Å². The van der Waals surface area contributed by atoms with Gasteiger partial charge in [0.05, 0.1) is 6.10 Å². The minimum absolute atomic E-state index is 0.362. The fourth-order valence-electron chi connectivity index (χ4n) is 2.87. The van der Waals surface area contributed by atoms with Gasteiger partial charge >= 0.3 is 0 Å². The molecular weight excluding hydrogens is 210 g/mol. The van der Waals surface area contributed by atoms with Gasteiger partial charge in [-0.05, 0) is 25.8 Å². The van der Waals surface area contributed by atoms with E-state index >= 15 is 0 Å². The van der Waals surface area contributed by atoms with E-state index in [1.807, 2.05) is 0 Å². The molecule has 3 atom stereocenters. The van der Waals surface area contributed by atoms with Crippen molar-refractivity contribution in [2.75, 3.05) is 13.2 Å². The van der Waals surface area contributed by atoms with Crippen LogP contribution in [0.3, 0.4) is 0 Å². The molecule has 0 aliphatic heterocycles. The smallest absolute Gasteiger partial charge is 0.0658 e. The normalized spacial score (nSPS) is 32.5. The molecule has 0 saturated heterocycles. The van der Waals surface area contributed by atoms with Crippen molar-refractivity contribution >= 4 is 0 Å². The van der Waals surface area contributed by atoms with Crippen LogP contribution in [0.15, 0.2) is 0 Å². The van der Waals surface area contributed by atoms with Crippen LogP contribution >= 0.6 is 0 Å². The van der Waals surface area contributed by atoms with Gasteiger partial charge in [-0.3, -0.25) is 0 Å². The van der Waals surface area contributed by atoms with Crippen molar-refractivity contribution in [1.82, 2.24) is 5.32 Å². The third kappa shape index (κ3) is 3.69. The SMILES string of the molecule is CCCCCCOC1CC(NCC)C1(C)CC. The van der Waals surface area contributed by atoms with Crippen LogP contribution in [-0.4, -0.2) is 25.3 Å². The Morgan fingerprint density at radius 1 is 1.18 bits per heavy atom. The number of rotatable bonds is 9. The van der Waals surface area contributed by atoms with Gasteiger partial charge in [-0.15, -0.1) is 0 Å². The summed E-state index contributed by atoms with van der Waals surface area (Å²) in [5, 5.41) is 3.58. The van der Waals surface area contributed by atoms with Crippen LogP contribution in [0.4, 0.5) is 0 Å². The highest BCUT2D eigenvalue weighted by molar-refractivity contribution is 5.04. The third-order valence-corrected chi connectivity index (χ3v) is 4.51. The lowest BCUT2D eigenvalue weighted by Gasteiger charge is -2.53. The Kier molecular flexibility index (Phi) is 6.50. The molecule has 2 heteroatoms. The Labute approximate surface area is 108 Å². The van der Waals surface area contributed by atoms with Crippen molar-refractivity contribution in [1.29, 1.82) is 0 Å². The second-order valence-electron chi connectivity index (χ2n) is 5.63. The Balaban J connectivity index is 2.21. The van der Waals surface area contributed by atoms with E-state index in [1.54, 1.807) is 0 Å². The van der Waals surface area contributed by atoms with E-state index < -0.39 is 0 Å². The Hall–Kier alpha value is -0.0800. The number of hydrogen-bond donors (Lipinski definition) is 1. The van der Waals surface area contributed by atoms with E-state index in [2.05, 4.69) is 33.0 Å². The van der Waals surface area contributed by atoms with E-state index in [0.717, 1.165) is 13.2 Å². The molecule has 2 nitrogen and oxygen atoms in total. The molecule has 1 rings (SSSR count). The molecule has 1 fully saturated rings. The molecule has 0 aromatic carbocycles. The lowest BCUT2D eigenvalue weighted by molar-refractivity contribution is -0.129. The molecule has 0 heterocycles. The van der Waals surface area contributed by atoms with Crippen LogP contribution in [0.5, 0.6) is 0 Å². The van der Waals surface area contributed by atoms with Crippen molar-refractivity contribution in [3.63, 3.8) is 0 Å². The summed E-state index contributed by atoms with van der Waals surface area (Å²) in [6.45, 7) is 11.1. The highest BCUT2D eigenvalue weighted by atomic mass is 16.5. The number of unbranched alkanes of at least 4 members (excludes halogenated alkanes) is 3. The Morgan fingerprint density at radius 2 is 1.94 bits per heavy atom. The Morgan fingerprint density at radius 3 is 2.53 bits per heavy atom. The first-order valence-corrected chi connectivity index (χ1v) is 7.54. The molecule has 1 saturated carbocycles. The highest BCUT2D eigenvalue weighted by Crippen LogP contribution is 2.45. The lowest BCUT2D eigenvalue weighted by atomic mass is 9.61. The van der Waals surface area contributed by atoms with Crippen molar-refractivity contribution in [3.8, 4) is 0 Å². The van der Waals surface area contributed by atoms with E-state index in [9.17, 15) is 0 Å². The quantitative estimate of drug-likeness (QED) is 0.621. The summed E-state index contributed by atoms with van der Waals surface area (Å²) in [7, 11) is 0. The third-order valence-electron chi connectivity index (χ3n) is 4.51. The summed E-state index contributed by atoms with van der Waals surface area (Å²) < 4.78 is 6.07. The monoisotopic (exact) mass is 241 g/mol. The second kappa shape index (κ2) is 7.38. The first kappa shape index (κ1) is 15.0. The van der Waals surface area contributed by atoms with Gasteiger partial charge in [-0.25, -0.2) is 0 Å². The van der Waals surface area contributed by atoms with Crippen LogP contribution in [-0.2, 0) is 4.74 Å². The summed E-state index contributed by atoms with van der Waals surface area (Å²) in [5.41, 5.74) is 0.362. The molecule has 0 aromatic rings. The van der Waals surface area contributed by atoms with Gasteiger partial charge in [0.2, 0.25) is 0 Å². The first-order valence-electron chi connectivity index (χ1n) is 7.54. The Bertz CT molecular complexity index is 207. The molecule has 17 heavy (non-hydrogen) atoms. The molecule has 1 aliphatic carbocycles. The topological polar surface area (TPSA) is 21.3 Å². The standard InChI is InChI=1S/C15H31NO/c1-5-8-9-10-11-17-14-12-13(16-7-3)15(14,4)6-2/h13-14,16H,5-12H2,1-4H3. The second-order valence-corrected chi connectivity index (χ2v) is 5.63. The van der Waals surface area contributed by atoms with E-state index in [4.69, 9.17) is 4.74 Å². The van der Waals surface area contributed by atoms with Crippen molar-refractivity contribution in [2.24, 2.45) is 5.41 Å². The predicted molar refractivity (Wildman–Crippen MR) is 74.4 cm³/mol. The summed E-state index contributed by atoms with van der Waals surface area (Å²) in [5.74, 6) is 0. The first-order chi connectivity index (χ1) is 8.19. The largest absolute Gasteiger partial charge is 0.378 e. The van der Waals surface area contributed by atoms with Gasteiger partial charge < -0.3 is 10.1 Å². The maximum absolute atomic E-state index is 6.07. The molecule has 102 valence electrons. The maximum atomic E-state index is 6.07. The molecule has 0 spiro atoms. The molecule has 0 bridgehead atoms. The average Bonchev–Trinajstić information content (AvgIpc) is 2.35. The van der Waals surface area contributed by atoms with Gasteiger partial charge in [0.1, 0.15) is 0 Å². The van der Waals surface area contributed by atoms with E-state index in [-0.39, 0.29) is 0 Å². The van der Waals surface area contributed by atoms with Crippen molar-refractivity contribution in [2.45, 2.75) is 78.4 Å². The molecule has 1 aliphatic rings. The molecule has 3 unspecified atom stereocenters. The average molecular weight is 241 g/mol. The van der Waals surface area contributed by atoms with Crippen LogP contribution in [0, 0.1) is 5.41 Å². The van der Waals surface area contributed by atoms with Gasteiger partial charge in [0, 0.05) is 18.1 Å². The maximum Gasteiger partial charge on any atom is 0.0658 e. The summed E-state index contributed by atoms with van der Waals surface area (Å²) in [6.07, 6.45) is 8.10. The van der Waals surface area contributed by atoms with Crippen LogP contribution in [0.2, 0.25) is 0 Å². The predicted octanol–water partition coefficient (Wildman–Crippen LogP) is 3.75. The van der Waals surface area contributed by atoms with Gasteiger partial charge in [-0.2, -0.15) is 0 Å². The summed E-state index contributed by atoms with van der Waals surface area (Å²) in [6, 6.07) is 0.665. The van der Waals surface area contributed by atoms with Crippen LogP contribution < -0.4 is 5.32 Å². The highest BCUT2D eigenvalue weighted by Gasteiger charge is 2.50. The van der Waals surface area contributed by atoms with Crippen molar-refractivity contribution in [3.05, 3.63) is 0 Å². The molecule has 0 amide bonds. The lowest BCUT2D eigenvalue weighted by Crippen LogP contribution is -2.62. The van der Waals surface area contributed by atoms with Gasteiger partial charge in [0.15, 0.2) is 0 Å². The van der Waals surface area contributed by atoms with Crippen molar-refractivity contribution < 1.29 is 4.74 Å². The zero-order chi connectivity index (χ0) is 12.7. The fraction of sp³-hybridized carbons (Fsp3) is 1.00. The molecular formula is C15H31NO. The van der Waals surface area contributed by atoms with Gasteiger partial charge in [0.25, 0.3) is 0 Å². The minimum Gasteiger partial charge on any atom is -0.378 e. The fourth-order valence-corrected chi connectivity index (χ4v) is 2.87. The van der Waals surface area contributed by atoms with Crippen LogP contribution in [0.1, 0.15) is 66.2 Å². The number of nitrogens with one attached hydrogen (secondary N) is 1.